The van der Waals surface area contributed by atoms with Crippen molar-refractivity contribution in [2.75, 3.05) is 31.5 Å². The van der Waals surface area contributed by atoms with Gasteiger partial charge in [-0.2, -0.15) is 0 Å². The second-order valence-corrected chi connectivity index (χ2v) is 6.87. The predicted molar refractivity (Wildman–Crippen MR) is 129 cm³/mol. The number of aromatic nitrogens is 1. The van der Waals surface area contributed by atoms with Crippen molar-refractivity contribution in [1.29, 1.82) is 0 Å². The molecular weight excluding hydrogens is 479 g/mol. The van der Waals surface area contributed by atoms with Gasteiger partial charge in [-0.05, 0) is 49.6 Å². The quantitative estimate of drug-likeness (QED) is 0.304. The van der Waals surface area contributed by atoms with Crippen LogP contribution in [0.5, 0.6) is 0 Å². The van der Waals surface area contributed by atoms with Crippen LogP contribution in [-0.2, 0) is 13.1 Å². The fourth-order valence-corrected chi connectivity index (χ4v) is 3.20. The SMILES string of the molecule is CCNC(=NCc1cccc(NC(=O)N2CCCC2)c1)NCCn1cccc1.I. The molecule has 2 aromatic rings. The molecule has 0 atom stereocenters. The number of likely N-dealkylation sites (tertiary alicyclic amines) is 1. The Morgan fingerprint density at radius 1 is 1.10 bits per heavy atom. The van der Waals surface area contributed by atoms with Crippen molar-refractivity contribution in [2.24, 2.45) is 4.99 Å². The van der Waals surface area contributed by atoms with Gasteiger partial charge in [-0.3, -0.25) is 0 Å². The number of halogens is 1. The Bertz CT molecular complexity index is 771. The minimum Gasteiger partial charge on any atom is -0.357 e. The topological polar surface area (TPSA) is 73.7 Å². The van der Waals surface area contributed by atoms with Crippen LogP contribution in [0.15, 0.2) is 53.8 Å². The van der Waals surface area contributed by atoms with Gasteiger partial charge in [-0.1, -0.05) is 12.1 Å². The lowest BCUT2D eigenvalue weighted by Gasteiger charge is -2.16. The normalized spacial score (nSPS) is 13.7. The molecule has 0 unspecified atom stereocenters. The largest absolute Gasteiger partial charge is 0.357 e. The van der Waals surface area contributed by atoms with Crippen molar-refractivity contribution in [3.63, 3.8) is 0 Å². The van der Waals surface area contributed by atoms with E-state index in [1.54, 1.807) is 0 Å². The first kappa shape index (κ1) is 23.1. The van der Waals surface area contributed by atoms with Gasteiger partial charge in [0.1, 0.15) is 0 Å². The number of hydrogen-bond acceptors (Lipinski definition) is 2. The van der Waals surface area contributed by atoms with Crippen LogP contribution in [0.1, 0.15) is 25.3 Å². The third-order valence-corrected chi connectivity index (χ3v) is 4.66. The zero-order valence-corrected chi connectivity index (χ0v) is 19.3. The number of carbonyl (C=O) groups excluding carboxylic acids is 1. The number of urea groups is 1. The molecule has 0 radical (unpaired) electrons. The van der Waals surface area contributed by atoms with E-state index in [1.807, 2.05) is 53.7 Å². The van der Waals surface area contributed by atoms with Crippen molar-refractivity contribution in [2.45, 2.75) is 32.9 Å². The minimum absolute atomic E-state index is 0. The molecule has 2 heterocycles. The Labute approximate surface area is 190 Å². The molecule has 1 aliphatic rings. The van der Waals surface area contributed by atoms with E-state index in [2.05, 4.69) is 32.4 Å². The Hall–Kier alpha value is -2.23. The maximum Gasteiger partial charge on any atom is 0.321 e. The van der Waals surface area contributed by atoms with E-state index in [1.165, 1.54) is 0 Å². The van der Waals surface area contributed by atoms with Crippen LogP contribution in [0.2, 0.25) is 0 Å². The summed E-state index contributed by atoms with van der Waals surface area (Å²) >= 11 is 0. The highest BCUT2D eigenvalue weighted by Crippen LogP contribution is 2.14. The van der Waals surface area contributed by atoms with Crippen LogP contribution in [0, 0.1) is 0 Å². The summed E-state index contributed by atoms with van der Waals surface area (Å²) in [6.45, 7) is 6.78. The van der Waals surface area contributed by atoms with E-state index in [0.717, 1.165) is 62.8 Å². The number of nitrogens with one attached hydrogen (secondary N) is 3. The summed E-state index contributed by atoms with van der Waals surface area (Å²) in [6, 6.07) is 11.9. The van der Waals surface area contributed by atoms with Crippen molar-refractivity contribution in [3.05, 3.63) is 54.4 Å². The summed E-state index contributed by atoms with van der Waals surface area (Å²) < 4.78 is 2.13. The number of benzene rings is 1. The van der Waals surface area contributed by atoms with Crippen LogP contribution < -0.4 is 16.0 Å². The monoisotopic (exact) mass is 510 g/mol. The Balaban J connectivity index is 0.00000300. The number of guanidine groups is 1. The van der Waals surface area contributed by atoms with Gasteiger partial charge in [0, 0.05) is 50.8 Å². The summed E-state index contributed by atoms with van der Waals surface area (Å²) in [6.07, 6.45) is 6.28. The number of carbonyl (C=O) groups is 1. The smallest absolute Gasteiger partial charge is 0.321 e. The van der Waals surface area contributed by atoms with Crippen LogP contribution in [0.3, 0.4) is 0 Å². The lowest BCUT2D eigenvalue weighted by Crippen LogP contribution is -2.38. The van der Waals surface area contributed by atoms with Gasteiger partial charge in [0.25, 0.3) is 0 Å². The summed E-state index contributed by atoms with van der Waals surface area (Å²) in [5.74, 6) is 0.793. The second-order valence-electron chi connectivity index (χ2n) is 6.87. The Morgan fingerprint density at radius 3 is 2.59 bits per heavy atom. The molecule has 3 rings (SSSR count). The predicted octanol–water partition coefficient (Wildman–Crippen LogP) is 3.49. The molecule has 0 spiro atoms. The molecule has 1 fully saturated rings. The van der Waals surface area contributed by atoms with Crippen LogP contribution >= 0.6 is 24.0 Å². The summed E-state index contributed by atoms with van der Waals surface area (Å²) in [5, 5.41) is 9.62. The van der Waals surface area contributed by atoms with Gasteiger partial charge in [-0.25, -0.2) is 9.79 Å². The number of rotatable bonds is 7. The zero-order chi connectivity index (χ0) is 19.6. The average molecular weight is 510 g/mol. The molecule has 3 N–H and O–H groups in total. The number of nitrogens with zero attached hydrogens (tertiary/aromatic N) is 3. The van der Waals surface area contributed by atoms with Crippen LogP contribution in [0.4, 0.5) is 10.5 Å². The molecule has 1 aromatic heterocycles. The lowest BCUT2D eigenvalue weighted by atomic mass is 10.2. The Morgan fingerprint density at radius 2 is 1.86 bits per heavy atom. The van der Waals surface area contributed by atoms with E-state index in [4.69, 9.17) is 0 Å². The van der Waals surface area contributed by atoms with Crippen LogP contribution in [-0.4, -0.2) is 47.6 Å². The Kier molecular flexibility index (Phi) is 9.82. The third kappa shape index (κ3) is 7.60. The molecule has 7 nitrogen and oxygen atoms in total. The number of aliphatic imine (C=N–C) groups is 1. The van der Waals surface area contributed by atoms with E-state index in [9.17, 15) is 4.79 Å². The first-order chi connectivity index (χ1) is 13.7. The standard InChI is InChI=1S/C21H30N6O.HI/c1-2-22-20(23-10-15-26-11-3-4-12-26)24-17-18-8-7-9-19(16-18)25-21(28)27-13-5-6-14-27;/h3-4,7-9,11-12,16H,2,5-6,10,13-15,17H2,1H3,(H,25,28)(H2,22,23,24);1H. The molecule has 0 aliphatic carbocycles. The second kappa shape index (κ2) is 12.4. The van der Waals surface area contributed by atoms with Gasteiger partial charge in [0.15, 0.2) is 5.96 Å². The number of hydrogen-bond donors (Lipinski definition) is 3. The summed E-state index contributed by atoms with van der Waals surface area (Å²) in [5.41, 5.74) is 1.87. The molecular formula is C21H31IN6O. The fourth-order valence-electron chi connectivity index (χ4n) is 3.20. The van der Waals surface area contributed by atoms with Gasteiger partial charge >= 0.3 is 6.03 Å². The van der Waals surface area contributed by atoms with Crippen molar-refractivity contribution in [1.82, 2.24) is 20.1 Å². The molecule has 1 saturated heterocycles. The van der Waals surface area contributed by atoms with Gasteiger partial charge < -0.3 is 25.4 Å². The van der Waals surface area contributed by atoms with E-state index in [0.29, 0.717) is 6.54 Å². The van der Waals surface area contributed by atoms with Crippen molar-refractivity contribution >= 4 is 41.7 Å². The molecule has 1 aliphatic heterocycles. The van der Waals surface area contributed by atoms with Crippen molar-refractivity contribution in [3.8, 4) is 0 Å². The molecule has 158 valence electrons. The van der Waals surface area contributed by atoms with E-state index < -0.39 is 0 Å². The molecule has 0 bridgehead atoms. The van der Waals surface area contributed by atoms with Gasteiger partial charge in [-0.15, -0.1) is 24.0 Å². The van der Waals surface area contributed by atoms with Crippen LogP contribution in [0.25, 0.3) is 0 Å². The zero-order valence-electron chi connectivity index (χ0n) is 16.9. The maximum absolute atomic E-state index is 12.3. The van der Waals surface area contributed by atoms with Gasteiger partial charge in [0.2, 0.25) is 0 Å². The highest BCUT2D eigenvalue weighted by atomic mass is 127. The highest BCUT2D eigenvalue weighted by molar-refractivity contribution is 14.0. The van der Waals surface area contributed by atoms with E-state index >= 15 is 0 Å². The van der Waals surface area contributed by atoms with Crippen molar-refractivity contribution < 1.29 is 4.79 Å². The fraction of sp³-hybridized carbons (Fsp3) is 0.429. The van der Waals surface area contributed by atoms with E-state index in [-0.39, 0.29) is 30.0 Å². The highest BCUT2D eigenvalue weighted by Gasteiger charge is 2.17. The minimum atomic E-state index is -0.0156. The summed E-state index contributed by atoms with van der Waals surface area (Å²) in [4.78, 5) is 18.8. The summed E-state index contributed by atoms with van der Waals surface area (Å²) in [7, 11) is 0. The lowest BCUT2D eigenvalue weighted by molar-refractivity contribution is 0.222. The third-order valence-electron chi connectivity index (χ3n) is 4.66. The first-order valence-corrected chi connectivity index (χ1v) is 10.0. The molecule has 8 heteroatoms. The molecule has 0 saturated carbocycles. The molecule has 1 aromatic carbocycles. The average Bonchev–Trinajstić information content (AvgIpc) is 3.40. The number of anilines is 1. The number of amides is 2. The molecule has 29 heavy (non-hydrogen) atoms. The maximum atomic E-state index is 12.3. The van der Waals surface area contributed by atoms with Gasteiger partial charge in [0.05, 0.1) is 6.54 Å². The molecule has 2 amide bonds. The first-order valence-electron chi connectivity index (χ1n) is 10.0.